The van der Waals surface area contributed by atoms with E-state index in [2.05, 4.69) is 6.58 Å². The number of carbonyl (C=O) groups is 1. The first-order chi connectivity index (χ1) is 5.96. The van der Waals surface area contributed by atoms with Crippen molar-refractivity contribution in [2.24, 2.45) is 0 Å². The second kappa shape index (κ2) is 3.57. The van der Waals surface area contributed by atoms with Gasteiger partial charge in [0.05, 0.1) is 6.61 Å². The van der Waals surface area contributed by atoms with Crippen molar-refractivity contribution in [3.63, 3.8) is 0 Å². The number of ketones is 1. The van der Waals surface area contributed by atoms with Gasteiger partial charge in [0.2, 0.25) is 0 Å². The highest BCUT2D eigenvalue weighted by atomic mass is 16.7. The molecule has 0 aromatic carbocycles. The quantitative estimate of drug-likeness (QED) is 0.642. The molecule has 0 saturated carbocycles. The Labute approximate surface area is 77.1 Å². The summed E-state index contributed by atoms with van der Waals surface area (Å²) in [6.07, 6.45) is -0.668. The van der Waals surface area contributed by atoms with E-state index in [1.807, 2.05) is 0 Å². The van der Waals surface area contributed by atoms with Gasteiger partial charge in [-0.15, -0.1) is 0 Å². The molecule has 0 spiro atoms. The van der Waals surface area contributed by atoms with Crippen LogP contribution in [0.1, 0.15) is 13.8 Å². The van der Waals surface area contributed by atoms with Crippen molar-refractivity contribution in [1.29, 1.82) is 0 Å². The molecule has 1 aliphatic rings. The summed E-state index contributed by atoms with van der Waals surface area (Å²) in [6, 6.07) is 0. The summed E-state index contributed by atoms with van der Waals surface area (Å²) >= 11 is 0. The molecule has 0 amide bonds. The predicted octanol–water partition coefficient (Wildman–Crippen LogP) is 0.254. The number of aliphatic hydroxyl groups excluding tert-OH is 1. The molecule has 1 saturated heterocycles. The molecule has 0 unspecified atom stereocenters. The van der Waals surface area contributed by atoms with Gasteiger partial charge in [-0.05, 0) is 19.9 Å². The molecule has 0 aliphatic carbocycles. The topological polar surface area (TPSA) is 55.8 Å². The van der Waals surface area contributed by atoms with Crippen LogP contribution in [0.4, 0.5) is 0 Å². The second-order valence-corrected chi connectivity index (χ2v) is 3.42. The lowest BCUT2D eigenvalue weighted by Crippen LogP contribution is -2.35. The lowest BCUT2D eigenvalue weighted by molar-refractivity contribution is -0.155. The number of rotatable bonds is 3. The molecular weight excluding hydrogens is 172 g/mol. The molecule has 2 atom stereocenters. The Balaban J connectivity index is 2.56. The average molecular weight is 186 g/mol. The van der Waals surface area contributed by atoms with E-state index in [1.165, 1.54) is 0 Å². The number of hydrogen-bond acceptors (Lipinski definition) is 4. The van der Waals surface area contributed by atoms with Crippen molar-refractivity contribution >= 4 is 5.78 Å². The highest BCUT2D eigenvalue weighted by Crippen LogP contribution is 2.24. The monoisotopic (exact) mass is 186 g/mol. The van der Waals surface area contributed by atoms with Gasteiger partial charge in [-0.1, -0.05) is 6.58 Å². The molecular formula is C9H14O4. The molecule has 0 aromatic heterocycles. The van der Waals surface area contributed by atoms with E-state index in [1.54, 1.807) is 13.8 Å². The molecule has 0 bridgehead atoms. The highest BCUT2D eigenvalue weighted by Gasteiger charge is 2.38. The Kier molecular flexibility index (Phi) is 2.85. The summed E-state index contributed by atoms with van der Waals surface area (Å²) in [5.41, 5.74) is 0. The Hall–Kier alpha value is -0.710. The van der Waals surface area contributed by atoms with Gasteiger partial charge in [0, 0.05) is 0 Å². The van der Waals surface area contributed by atoms with E-state index in [0.717, 1.165) is 6.08 Å². The lowest BCUT2D eigenvalue weighted by Gasteiger charge is -2.18. The fraction of sp³-hybridized carbons (Fsp3) is 0.667. The molecule has 1 heterocycles. The number of aliphatic hydroxyl groups is 1. The molecule has 4 heteroatoms. The van der Waals surface area contributed by atoms with Crippen molar-refractivity contribution in [2.75, 3.05) is 6.61 Å². The van der Waals surface area contributed by atoms with Crippen molar-refractivity contribution in [1.82, 2.24) is 0 Å². The second-order valence-electron chi connectivity index (χ2n) is 3.42. The molecule has 1 rings (SSSR count). The van der Waals surface area contributed by atoms with Gasteiger partial charge in [-0.3, -0.25) is 4.79 Å². The zero-order chi connectivity index (χ0) is 10.1. The van der Waals surface area contributed by atoms with Crippen LogP contribution >= 0.6 is 0 Å². The normalized spacial score (nSPS) is 28.4. The SMILES string of the molecule is C=CC(=O)[C@@H](O)[C@H]1COC(C)(C)O1. The van der Waals surface area contributed by atoms with Crippen LogP contribution < -0.4 is 0 Å². The third-order valence-electron chi connectivity index (χ3n) is 1.88. The molecule has 13 heavy (non-hydrogen) atoms. The maximum atomic E-state index is 11.0. The van der Waals surface area contributed by atoms with E-state index in [4.69, 9.17) is 9.47 Å². The zero-order valence-electron chi connectivity index (χ0n) is 7.82. The van der Waals surface area contributed by atoms with Gasteiger partial charge in [0.1, 0.15) is 12.2 Å². The summed E-state index contributed by atoms with van der Waals surface area (Å²) in [5.74, 6) is -1.15. The minimum Gasteiger partial charge on any atom is -0.382 e. The van der Waals surface area contributed by atoms with E-state index in [0.29, 0.717) is 0 Å². The third-order valence-corrected chi connectivity index (χ3v) is 1.88. The van der Waals surface area contributed by atoms with Gasteiger partial charge in [0.15, 0.2) is 11.6 Å². The molecule has 0 radical (unpaired) electrons. The van der Waals surface area contributed by atoms with Crippen LogP contribution in [-0.4, -0.2) is 35.5 Å². The minimum absolute atomic E-state index is 0.230. The summed E-state index contributed by atoms with van der Waals surface area (Å²) in [4.78, 5) is 11.0. The van der Waals surface area contributed by atoms with Crippen LogP contribution in [0.5, 0.6) is 0 Å². The van der Waals surface area contributed by atoms with Gasteiger partial charge in [-0.25, -0.2) is 0 Å². The summed E-state index contributed by atoms with van der Waals surface area (Å²) in [5, 5.41) is 9.42. The fourth-order valence-electron chi connectivity index (χ4n) is 1.17. The minimum atomic E-state index is -1.17. The lowest BCUT2D eigenvalue weighted by atomic mass is 10.1. The molecule has 1 N–H and O–H groups in total. The number of carbonyl (C=O) groups excluding carboxylic acids is 1. The Morgan fingerprint density at radius 3 is 2.77 bits per heavy atom. The Morgan fingerprint density at radius 2 is 2.38 bits per heavy atom. The smallest absolute Gasteiger partial charge is 0.186 e. The van der Waals surface area contributed by atoms with Crippen LogP contribution in [0.3, 0.4) is 0 Å². The van der Waals surface area contributed by atoms with E-state index >= 15 is 0 Å². The number of hydrogen-bond donors (Lipinski definition) is 1. The summed E-state index contributed by atoms with van der Waals surface area (Å²) in [6.45, 7) is 6.98. The summed E-state index contributed by atoms with van der Waals surface area (Å²) in [7, 11) is 0. The number of ether oxygens (including phenoxy) is 2. The standard InChI is InChI=1S/C9H14O4/c1-4-6(10)8(11)7-5-12-9(2,3)13-7/h4,7-8,11H,1,5H2,2-3H3/t7-,8-/m1/s1. The van der Waals surface area contributed by atoms with Crippen molar-refractivity contribution in [2.45, 2.75) is 31.8 Å². The molecule has 74 valence electrons. The molecule has 1 aliphatic heterocycles. The van der Waals surface area contributed by atoms with Crippen LogP contribution in [0.15, 0.2) is 12.7 Å². The van der Waals surface area contributed by atoms with Gasteiger partial charge in [-0.2, -0.15) is 0 Å². The van der Waals surface area contributed by atoms with Gasteiger partial charge >= 0.3 is 0 Å². The third kappa shape index (κ3) is 2.37. The van der Waals surface area contributed by atoms with Crippen molar-refractivity contribution in [3.8, 4) is 0 Å². The molecule has 1 fully saturated rings. The summed E-state index contributed by atoms with van der Waals surface area (Å²) < 4.78 is 10.5. The first-order valence-corrected chi connectivity index (χ1v) is 4.12. The first kappa shape index (κ1) is 10.4. The largest absolute Gasteiger partial charge is 0.382 e. The first-order valence-electron chi connectivity index (χ1n) is 4.12. The van der Waals surface area contributed by atoms with Crippen LogP contribution in [0.25, 0.3) is 0 Å². The van der Waals surface area contributed by atoms with E-state index < -0.39 is 23.8 Å². The Bertz CT molecular complexity index is 222. The van der Waals surface area contributed by atoms with Crippen LogP contribution in [0.2, 0.25) is 0 Å². The highest BCUT2D eigenvalue weighted by molar-refractivity contribution is 5.93. The van der Waals surface area contributed by atoms with Gasteiger partial charge < -0.3 is 14.6 Å². The zero-order valence-corrected chi connectivity index (χ0v) is 7.82. The van der Waals surface area contributed by atoms with Crippen LogP contribution in [-0.2, 0) is 14.3 Å². The predicted molar refractivity (Wildman–Crippen MR) is 46.1 cm³/mol. The maximum absolute atomic E-state index is 11.0. The molecule has 0 aromatic rings. The maximum Gasteiger partial charge on any atom is 0.186 e. The Morgan fingerprint density at radius 1 is 1.77 bits per heavy atom. The average Bonchev–Trinajstić information content (AvgIpc) is 2.43. The molecule has 4 nitrogen and oxygen atoms in total. The van der Waals surface area contributed by atoms with E-state index in [-0.39, 0.29) is 6.61 Å². The van der Waals surface area contributed by atoms with Crippen molar-refractivity contribution in [3.05, 3.63) is 12.7 Å². The fourth-order valence-corrected chi connectivity index (χ4v) is 1.17. The van der Waals surface area contributed by atoms with Crippen molar-refractivity contribution < 1.29 is 19.4 Å². The van der Waals surface area contributed by atoms with Crippen LogP contribution in [0, 0.1) is 0 Å². The van der Waals surface area contributed by atoms with Gasteiger partial charge in [0.25, 0.3) is 0 Å². The van der Waals surface area contributed by atoms with E-state index in [9.17, 15) is 9.90 Å².